The van der Waals surface area contributed by atoms with E-state index in [0.717, 1.165) is 11.1 Å². The third-order valence-corrected chi connectivity index (χ3v) is 3.12. The minimum absolute atomic E-state index is 0.265. The van der Waals surface area contributed by atoms with Crippen LogP contribution < -0.4 is 5.32 Å². The van der Waals surface area contributed by atoms with E-state index in [2.05, 4.69) is 5.32 Å². The van der Waals surface area contributed by atoms with Crippen molar-refractivity contribution < 1.29 is 9.53 Å². The number of hydrogen-bond donors (Lipinski definition) is 1. The van der Waals surface area contributed by atoms with E-state index in [9.17, 15) is 4.79 Å². The highest BCUT2D eigenvalue weighted by molar-refractivity contribution is 6.32. The number of ether oxygens (including phenoxy) is 1. The molecule has 108 valence electrons. The van der Waals surface area contributed by atoms with E-state index in [1.807, 2.05) is 66.7 Å². The Morgan fingerprint density at radius 3 is 2.57 bits per heavy atom. The Kier molecular flexibility index (Phi) is 5.85. The fourth-order valence-electron chi connectivity index (χ4n) is 1.71. The third-order valence-electron chi connectivity index (χ3n) is 2.78. The van der Waals surface area contributed by atoms with E-state index in [-0.39, 0.29) is 6.61 Å². The van der Waals surface area contributed by atoms with E-state index in [1.54, 1.807) is 0 Å². The number of benzene rings is 2. The molecule has 0 saturated carbocycles. The lowest BCUT2D eigenvalue weighted by Crippen LogP contribution is -2.24. The van der Waals surface area contributed by atoms with Crippen molar-refractivity contribution >= 4 is 23.8 Å². The van der Waals surface area contributed by atoms with Gasteiger partial charge in [-0.2, -0.15) is 0 Å². The maximum absolute atomic E-state index is 11.5. The first-order chi connectivity index (χ1) is 10.3. The molecule has 0 aliphatic rings. The molecule has 1 N–H and O–H groups in total. The summed E-state index contributed by atoms with van der Waals surface area (Å²) in [4.78, 5) is 11.5. The van der Waals surface area contributed by atoms with Crippen LogP contribution in [0.3, 0.4) is 0 Å². The maximum atomic E-state index is 11.5. The Balaban J connectivity index is 1.71. The van der Waals surface area contributed by atoms with Crippen LogP contribution in [0.1, 0.15) is 11.1 Å². The van der Waals surface area contributed by atoms with Crippen molar-refractivity contribution in [2.75, 3.05) is 6.54 Å². The van der Waals surface area contributed by atoms with Crippen LogP contribution in [-0.4, -0.2) is 12.6 Å². The summed E-state index contributed by atoms with van der Waals surface area (Å²) in [7, 11) is 0. The van der Waals surface area contributed by atoms with Crippen LogP contribution in [0, 0.1) is 0 Å². The van der Waals surface area contributed by atoms with Crippen molar-refractivity contribution in [3.63, 3.8) is 0 Å². The molecular weight excluding hydrogens is 286 g/mol. The maximum Gasteiger partial charge on any atom is 0.407 e. The van der Waals surface area contributed by atoms with Gasteiger partial charge in [0.25, 0.3) is 0 Å². The molecule has 0 radical (unpaired) electrons. The van der Waals surface area contributed by atoms with Crippen molar-refractivity contribution in [1.29, 1.82) is 0 Å². The molecule has 0 aliphatic heterocycles. The van der Waals surface area contributed by atoms with Gasteiger partial charge in [-0.25, -0.2) is 4.79 Å². The van der Waals surface area contributed by atoms with Crippen LogP contribution in [0.4, 0.5) is 4.79 Å². The zero-order valence-electron chi connectivity index (χ0n) is 11.5. The fraction of sp³-hybridized carbons (Fsp3) is 0.118. The Morgan fingerprint density at radius 1 is 1.10 bits per heavy atom. The highest BCUT2D eigenvalue weighted by Crippen LogP contribution is 2.15. The molecule has 0 heterocycles. The summed E-state index contributed by atoms with van der Waals surface area (Å²) in [6, 6.07) is 17.1. The number of rotatable bonds is 5. The van der Waals surface area contributed by atoms with Gasteiger partial charge in [0, 0.05) is 11.6 Å². The van der Waals surface area contributed by atoms with E-state index < -0.39 is 6.09 Å². The van der Waals surface area contributed by atoms with Crippen LogP contribution in [-0.2, 0) is 11.3 Å². The first kappa shape index (κ1) is 15.1. The summed E-state index contributed by atoms with van der Waals surface area (Å²) >= 11 is 6.02. The summed E-state index contributed by atoms with van der Waals surface area (Å²) < 4.78 is 5.09. The van der Waals surface area contributed by atoms with Crippen LogP contribution >= 0.6 is 11.6 Å². The van der Waals surface area contributed by atoms with Gasteiger partial charge in [0.05, 0.1) is 0 Å². The molecule has 1 amide bonds. The van der Waals surface area contributed by atoms with Crippen molar-refractivity contribution in [2.45, 2.75) is 6.61 Å². The van der Waals surface area contributed by atoms with Gasteiger partial charge in [0.1, 0.15) is 6.61 Å². The average Bonchev–Trinajstić information content (AvgIpc) is 2.52. The number of hydrogen-bond acceptors (Lipinski definition) is 2. The van der Waals surface area contributed by atoms with Gasteiger partial charge in [-0.1, -0.05) is 72.3 Å². The summed E-state index contributed by atoms with van der Waals surface area (Å²) in [6.45, 7) is 0.653. The predicted molar refractivity (Wildman–Crippen MR) is 85.1 cm³/mol. The smallest absolute Gasteiger partial charge is 0.407 e. The second kappa shape index (κ2) is 8.12. The molecule has 0 aromatic heterocycles. The normalized spacial score (nSPS) is 10.5. The summed E-state index contributed by atoms with van der Waals surface area (Å²) in [5.74, 6) is 0. The van der Waals surface area contributed by atoms with Crippen LogP contribution in [0.5, 0.6) is 0 Å². The Hall–Kier alpha value is -2.26. The van der Waals surface area contributed by atoms with E-state index >= 15 is 0 Å². The lowest BCUT2D eigenvalue weighted by atomic mass is 10.2. The molecule has 0 unspecified atom stereocenters. The molecule has 0 aliphatic carbocycles. The predicted octanol–water partition coefficient (Wildman–Crippen LogP) is 4.28. The minimum atomic E-state index is -0.442. The first-order valence-electron chi connectivity index (χ1n) is 6.61. The standard InChI is InChI=1S/C17H16ClNO2/c18-16-11-5-4-9-15(16)10-6-12-19-17(20)21-13-14-7-2-1-3-8-14/h1-11H,12-13H2,(H,19,20). The Morgan fingerprint density at radius 2 is 1.81 bits per heavy atom. The van der Waals surface area contributed by atoms with Gasteiger partial charge in [0.2, 0.25) is 0 Å². The summed E-state index contributed by atoms with van der Waals surface area (Å²) in [6.07, 6.45) is 3.24. The number of halogens is 1. The van der Waals surface area contributed by atoms with Gasteiger partial charge in [-0.05, 0) is 17.2 Å². The number of alkyl carbamates (subject to hydrolysis) is 1. The van der Waals surface area contributed by atoms with Gasteiger partial charge < -0.3 is 10.1 Å². The minimum Gasteiger partial charge on any atom is -0.445 e. The molecule has 21 heavy (non-hydrogen) atoms. The quantitative estimate of drug-likeness (QED) is 0.895. The van der Waals surface area contributed by atoms with E-state index in [4.69, 9.17) is 16.3 Å². The van der Waals surface area contributed by atoms with E-state index in [1.165, 1.54) is 0 Å². The molecule has 0 bridgehead atoms. The number of amides is 1. The van der Waals surface area contributed by atoms with Crippen molar-refractivity contribution in [2.24, 2.45) is 0 Å². The van der Waals surface area contributed by atoms with Crippen LogP contribution in [0.15, 0.2) is 60.7 Å². The molecule has 0 spiro atoms. The molecule has 2 aromatic rings. The van der Waals surface area contributed by atoms with Crippen molar-refractivity contribution in [3.8, 4) is 0 Å². The van der Waals surface area contributed by atoms with Crippen molar-refractivity contribution in [1.82, 2.24) is 5.32 Å². The third kappa shape index (κ3) is 5.32. The monoisotopic (exact) mass is 301 g/mol. The lowest BCUT2D eigenvalue weighted by Gasteiger charge is -2.05. The number of carbonyl (C=O) groups is 1. The van der Waals surface area contributed by atoms with E-state index in [0.29, 0.717) is 11.6 Å². The second-order valence-corrected chi connectivity index (χ2v) is 4.77. The van der Waals surface area contributed by atoms with Gasteiger partial charge in [0.15, 0.2) is 0 Å². The Bertz CT molecular complexity index is 611. The lowest BCUT2D eigenvalue weighted by molar-refractivity contribution is 0.141. The molecule has 0 atom stereocenters. The number of carbonyl (C=O) groups excluding carboxylic acids is 1. The zero-order chi connectivity index (χ0) is 14.9. The molecular formula is C17H16ClNO2. The summed E-state index contributed by atoms with van der Waals surface area (Å²) in [5.41, 5.74) is 1.87. The van der Waals surface area contributed by atoms with Gasteiger partial charge in [-0.15, -0.1) is 0 Å². The fourth-order valence-corrected chi connectivity index (χ4v) is 1.91. The molecule has 2 rings (SSSR count). The number of nitrogens with one attached hydrogen (secondary N) is 1. The van der Waals surface area contributed by atoms with Gasteiger partial charge >= 0.3 is 6.09 Å². The second-order valence-electron chi connectivity index (χ2n) is 4.37. The Labute approximate surface area is 129 Å². The highest BCUT2D eigenvalue weighted by Gasteiger charge is 2.00. The first-order valence-corrected chi connectivity index (χ1v) is 6.99. The molecule has 4 heteroatoms. The molecule has 0 saturated heterocycles. The molecule has 3 nitrogen and oxygen atoms in total. The molecule has 0 fully saturated rings. The van der Waals surface area contributed by atoms with Gasteiger partial charge in [-0.3, -0.25) is 0 Å². The SMILES string of the molecule is O=C(NCC=Cc1ccccc1Cl)OCc1ccccc1. The summed E-state index contributed by atoms with van der Waals surface area (Å²) in [5, 5.41) is 3.33. The van der Waals surface area contributed by atoms with Crippen LogP contribution in [0.2, 0.25) is 5.02 Å². The van der Waals surface area contributed by atoms with Crippen molar-refractivity contribution in [3.05, 3.63) is 76.8 Å². The average molecular weight is 302 g/mol. The zero-order valence-corrected chi connectivity index (χ0v) is 12.2. The topological polar surface area (TPSA) is 38.3 Å². The molecule has 2 aromatic carbocycles. The highest BCUT2D eigenvalue weighted by atomic mass is 35.5. The largest absolute Gasteiger partial charge is 0.445 e. The van der Waals surface area contributed by atoms with Crippen LogP contribution in [0.25, 0.3) is 6.08 Å².